The Labute approximate surface area is 178 Å². The summed E-state index contributed by atoms with van der Waals surface area (Å²) in [6, 6.07) is 7.68. The smallest absolute Gasteiger partial charge is 0.251 e. The van der Waals surface area contributed by atoms with Crippen molar-refractivity contribution in [3.63, 3.8) is 0 Å². The average Bonchev–Trinajstić information content (AvgIpc) is 3.04. The molecule has 0 radical (unpaired) electrons. The first-order chi connectivity index (χ1) is 13.7. The lowest BCUT2D eigenvalue weighted by Crippen LogP contribution is -2.36. The molecule has 1 aromatic heterocycles. The molecule has 1 saturated carbocycles. The van der Waals surface area contributed by atoms with Gasteiger partial charge >= 0.3 is 0 Å². The largest absolute Gasteiger partial charge is 0.485 e. The third kappa shape index (κ3) is 7.66. The molecule has 2 N–H and O–H groups in total. The predicted octanol–water partition coefficient (Wildman–Crippen LogP) is 3.68. The van der Waals surface area contributed by atoms with Crippen LogP contribution in [0.4, 0.5) is 0 Å². The minimum atomic E-state index is -0.0695. The zero-order valence-electron chi connectivity index (χ0n) is 17.0. The number of carbonyl (C=O) groups excluding carboxylic acids is 1. The number of rotatable bonds is 9. The van der Waals surface area contributed by atoms with Crippen LogP contribution in [0.2, 0.25) is 0 Å². The van der Waals surface area contributed by atoms with Crippen molar-refractivity contribution in [3.05, 3.63) is 41.5 Å². The molecule has 2 aromatic rings. The van der Waals surface area contributed by atoms with Crippen LogP contribution in [-0.2, 0) is 13.0 Å². The number of nitrogens with zero attached hydrogens (tertiary/aromatic N) is 2. The third-order valence-electron chi connectivity index (χ3n) is 5.00. The van der Waals surface area contributed by atoms with Gasteiger partial charge < -0.3 is 19.9 Å². The fourth-order valence-electron chi connectivity index (χ4n) is 3.38. The Morgan fingerprint density at radius 3 is 2.52 bits per heavy atom. The number of benzene rings is 1. The van der Waals surface area contributed by atoms with E-state index in [4.69, 9.17) is 9.26 Å². The summed E-state index contributed by atoms with van der Waals surface area (Å²) >= 11 is 0. The molecular formula is C21H31ClN4O3. The van der Waals surface area contributed by atoms with Gasteiger partial charge in [0.25, 0.3) is 5.91 Å². The highest BCUT2D eigenvalue weighted by atomic mass is 35.5. The van der Waals surface area contributed by atoms with Crippen LogP contribution in [0.3, 0.4) is 0 Å². The van der Waals surface area contributed by atoms with E-state index in [9.17, 15) is 4.79 Å². The van der Waals surface area contributed by atoms with Crippen LogP contribution in [0.5, 0.6) is 5.75 Å². The topological polar surface area (TPSA) is 89.3 Å². The fourth-order valence-corrected chi connectivity index (χ4v) is 3.38. The lowest BCUT2D eigenvalue weighted by Gasteiger charge is -2.16. The highest BCUT2D eigenvalue weighted by Gasteiger charge is 2.11. The van der Waals surface area contributed by atoms with E-state index in [1.165, 1.54) is 38.5 Å². The van der Waals surface area contributed by atoms with Crippen molar-refractivity contribution in [2.75, 3.05) is 13.1 Å². The summed E-state index contributed by atoms with van der Waals surface area (Å²) < 4.78 is 10.7. The number of carbonyl (C=O) groups is 1. The number of ether oxygens (including phenoxy) is 1. The van der Waals surface area contributed by atoms with Gasteiger partial charge in [0.2, 0.25) is 11.7 Å². The summed E-state index contributed by atoms with van der Waals surface area (Å²) in [5, 5.41) is 10.4. The Bertz CT molecular complexity index is 728. The first-order valence-electron chi connectivity index (χ1n) is 10.3. The van der Waals surface area contributed by atoms with E-state index < -0.39 is 0 Å². The minimum Gasteiger partial charge on any atom is -0.485 e. The van der Waals surface area contributed by atoms with E-state index in [-0.39, 0.29) is 24.9 Å². The van der Waals surface area contributed by atoms with Crippen LogP contribution in [-0.4, -0.2) is 35.2 Å². The summed E-state index contributed by atoms with van der Waals surface area (Å²) in [4.78, 5) is 16.5. The van der Waals surface area contributed by atoms with Gasteiger partial charge in [-0.25, -0.2) is 0 Å². The Kier molecular flexibility index (Phi) is 9.94. The molecule has 0 bridgehead atoms. The monoisotopic (exact) mass is 422 g/mol. The van der Waals surface area contributed by atoms with Gasteiger partial charge in [0, 0.05) is 31.1 Å². The summed E-state index contributed by atoms with van der Waals surface area (Å²) in [6.45, 7) is 3.63. The van der Waals surface area contributed by atoms with Gasteiger partial charge in [-0.05, 0) is 37.1 Å². The molecule has 1 fully saturated rings. The highest BCUT2D eigenvalue weighted by molar-refractivity contribution is 5.94. The number of halogens is 1. The van der Waals surface area contributed by atoms with E-state index in [0.717, 1.165) is 6.54 Å². The first kappa shape index (κ1) is 23.2. The predicted molar refractivity (Wildman–Crippen MR) is 114 cm³/mol. The molecule has 1 amide bonds. The van der Waals surface area contributed by atoms with E-state index in [0.29, 0.717) is 42.0 Å². The number of aromatic nitrogens is 2. The van der Waals surface area contributed by atoms with Crippen molar-refractivity contribution >= 4 is 18.3 Å². The summed E-state index contributed by atoms with van der Waals surface area (Å²) in [6.07, 6.45) is 8.52. The third-order valence-corrected chi connectivity index (χ3v) is 5.00. The van der Waals surface area contributed by atoms with Crippen molar-refractivity contribution in [3.8, 4) is 5.75 Å². The second-order valence-electron chi connectivity index (χ2n) is 7.17. The zero-order chi connectivity index (χ0) is 19.6. The fraction of sp³-hybridized carbons (Fsp3) is 0.571. The maximum atomic E-state index is 12.3. The van der Waals surface area contributed by atoms with Crippen LogP contribution in [0, 0.1) is 0 Å². The average molecular weight is 423 g/mol. The van der Waals surface area contributed by atoms with E-state index >= 15 is 0 Å². The molecule has 1 aromatic carbocycles. The molecule has 1 aliphatic rings. The number of aryl methyl sites for hydroxylation is 1. The summed E-state index contributed by atoms with van der Waals surface area (Å²) in [7, 11) is 0. The van der Waals surface area contributed by atoms with E-state index in [1.807, 2.05) is 6.92 Å². The van der Waals surface area contributed by atoms with Crippen molar-refractivity contribution in [2.24, 2.45) is 0 Å². The Morgan fingerprint density at radius 1 is 1.14 bits per heavy atom. The van der Waals surface area contributed by atoms with Gasteiger partial charge in [0.1, 0.15) is 5.75 Å². The van der Waals surface area contributed by atoms with Crippen LogP contribution in [0.15, 0.2) is 28.8 Å². The van der Waals surface area contributed by atoms with Crippen LogP contribution in [0.25, 0.3) is 0 Å². The molecule has 3 rings (SSSR count). The quantitative estimate of drug-likeness (QED) is 0.473. The molecule has 0 atom stereocenters. The van der Waals surface area contributed by atoms with Gasteiger partial charge in [-0.15, -0.1) is 12.4 Å². The molecule has 160 valence electrons. The molecular weight excluding hydrogens is 392 g/mol. The Balaban J connectivity index is 0.00000300. The van der Waals surface area contributed by atoms with Crippen molar-refractivity contribution in [1.82, 2.24) is 20.8 Å². The van der Waals surface area contributed by atoms with Crippen molar-refractivity contribution < 1.29 is 14.1 Å². The van der Waals surface area contributed by atoms with E-state index in [1.54, 1.807) is 24.3 Å². The van der Waals surface area contributed by atoms with E-state index in [2.05, 4.69) is 20.8 Å². The van der Waals surface area contributed by atoms with Crippen LogP contribution in [0.1, 0.15) is 67.5 Å². The summed E-state index contributed by atoms with van der Waals surface area (Å²) in [5.41, 5.74) is 0.620. The molecule has 0 spiro atoms. The Morgan fingerprint density at radius 2 is 1.86 bits per heavy atom. The maximum absolute atomic E-state index is 12.3. The molecule has 0 aliphatic heterocycles. The molecule has 8 heteroatoms. The number of amides is 1. The van der Waals surface area contributed by atoms with Crippen LogP contribution >= 0.6 is 12.4 Å². The molecule has 1 heterocycles. The second kappa shape index (κ2) is 12.4. The van der Waals surface area contributed by atoms with Crippen molar-refractivity contribution in [1.29, 1.82) is 0 Å². The molecule has 29 heavy (non-hydrogen) atoms. The number of hydrogen-bond acceptors (Lipinski definition) is 6. The second-order valence-corrected chi connectivity index (χ2v) is 7.17. The maximum Gasteiger partial charge on any atom is 0.251 e. The number of nitrogens with one attached hydrogen (secondary N) is 2. The SMILES string of the molecule is CCc1nc(COc2ccc(C(=O)NCCNC3CCCCCC3)cc2)no1.Cl. The van der Waals surface area contributed by atoms with Crippen molar-refractivity contribution in [2.45, 2.75) is 64.5 Å². The molecule has 0 unspecified atom stereocenters. The number of hydrogen-bond donors (Lipinski definition) is 2. The van der Waals surface area contributed by atoms with Gasteiger partial charge in [0.15, 0.2) is 6.61 Å². The van der Waals surface area contributed by atoms with Gasteiger partial charge in [-0.2, -0.15) is 4.98 Å². The molecule has 7 nitrogen and oxygen atoms in total. The van der Waals surface area contributed by atoms with Gasteiger partial charge in [-0.3, -0.25) is 4.79 Å². The molecule has 0 saturated heterocycles. The lowest BCUT2D eigenvalue weighted by molar-refractivity contribution is 0.0953. The summed E-state index contributed by atoms with van der Waals surface area (Å²) in [5.74, 6) is 1.70. The Hall–Kier alpha value is -2.12. The zero-order valence-corrected chi connectivity index (χ0v) is 17.8. The molecule has 1 aliphatic carbocycles. The normalized spacial score (nSPS) is 14.7. The highest BCUT2D eigenvalue weighted by Crippen LogP contribution is 2.17. The minimum absolute atomic E-state index is 0. The van der Waals surface area contributed by atoms with Gasteiger partial charge in [0.05, 0.1) is 0 Å². The standard InChI is InChI=1S/C21H30N4O3.ClH/c1-2-20-24-19(25-28-20)15-27-18-11-9-16(10-12-18)21(26)23-14-13-22-17-7-5-3-4-6-8-17;/h9-12,17,22H,2-8,13-15H2,1H3,(H,23,26);1H. The van der Waals surface area contributed by atoms with Crippen LogP contribution < -0.4 is 15.4 Å². The first-order valence-corrected chi connectivity index (χ1v) is 10.3. The lowest BCUT2D eigenvalue weighted by atomic mass is 10.1. The van der Waals surface area contributed by atoms with Gasteiger partial charge in [-0.1, -0.05) is 37.8 Å².